The fourth-order valence-corrected chi connectivity index (χ4v) is 2.32. The molecule has 1 rings (SSSR count). The number of hydrogen-bond acceptors (Lipinski definition) is 3. The van der Waals surface area contributed by atoms with Crippen LogP contribution in [0.1, 0.15) is 26.7 Å². The van der Waals surface area contributed by atoms with Gasteiger partial charge in [-0.05, 0) is 39.3 Å². The zero-order chi connectivity index (χ0) is 14.4. The summed E-state index contributed by atoms with van der Waals surface area (Å²) in [5.74, 6) is -0.506. The van der Waals surface area contributed by atoms with Gasteiger partial charge in [-0.2, -0.15) is 0 Å². The summed E-state index contributed by atoms with van der Waals surface area (Å²) in [6, 6.07) is -0.339. The van der Waals surface area contributed by atoms with Crippen LogP contribution in [-0.2, 0) is 4.79 Å². The van der Waals surface area contributed by atoms with Gasteiger partial charge in [0.2, 0.25) is 0 Å². The van der Waals surface area contributed by atoms with Crippen LogP contribution in [0.4, 0.5) is 4.79 Å². The smallest absolute Gasteiger partial charge is 0.323 e. The van der Waals surface area contributed by atoms with E-state index >= 15 is 0 Å². The largest absolute Gasteiger partial charge is 0.480 e. The van der Waals surface area contributed by atoms with Crippen LogP contribution < -0.4 is 5.32 Å². The lowest BCUT2D eigenvalue weighted by Crippen LogP contribution is -2.48. The minimum atomic E-state index is -0.976. The van der Waals surface area contributed by atoms with Crippen LogP contribution in [0.2, 0.25) is 0 Å². The summed E-state index contributed by atoms with van der Waals surface area (Å²) in [7, 11) is 2.07. The van der Waals surface area contributed by atoms with Gasteiger partial charge >= 0.3 is 12.0 Å². The van der Waals surface area contributed by atoms with Crippen molar-refractivity contribution in [1.82, 2.24) is 15.1 Å². The Morgan fingerprint density at radius 2 is 2.21 bits per heavy atom. The standard InChI is InChI=1S/C13H25N3O3/c1-4-10(2)16(9-12(17)18)13(19)14-7-11-5-6-15(3)8-11/h10-11H,4-9H2,1-3H3,(H,14,19)(H,17,18). The monoisotopic (exact) mass is 271 g/mol. The van der Waals surface area contributed by atoms with Gasteiger partial charge in [-0.1, -0.05) is 6.92 Å². The van der Waals surface area contributed by atoms with Gasteiger partial charge in [0.05, 0.1) is 0 Å². The number of carbonyl (C=O) groups excluding carboxylic acids is 1. The quantitative estimate of drug-likeness (QED) is 0.750. The lowest BCUT2D eigenvalue weighted by Gasteiger charge is -2.27. The van der Waals surface area contributed by atoms with Gasteiger partial charge in [0, 0.05) is 19.1 Å². The molecule has 19 heavy (non-hydrogen) atoms. The fourth-order valence-electron chi connectivity index (χ4n) is 2.32. The van der Waals surface area contributed by atoms with E-state index in [0.29, 0.717) is 12.5 Å². The molecule has 0 aromatic rings. The minimum absolute atomic E-state index is 0.0673. The molecule has 0 aliphatic carbocycles. The highest BCUT2D eigenvalue weighted by Gasteiger charge is 2.24. The van der Waals surface area contributed by atoms with Crippen molar-refractivity contribution in [2.75, 3.05) is 33.2 Å². The normalized spacial score (nSPS) is 21.1. The zero-order valence-corrected chi connectivity index (χ0v) is 12.1. The van der Waals surface area contributed by atoms with E-state index in [9.17, 15) is 9.59 Å². The Morgan fingerprint density at radius 3 is 2.68 bits per heavy atom. The highest BCUT2D eigenvalue weighted by Crippen LogP contribution is 2.13. The number of likely N-dealkylation sites (tertiary alicyclic amines) is 1. The van der Waals surface area contributed by atoms with Crippen molar-refractivity contribution >= 4 is 12.0 Å². The first-order chi connectivity index (χ1) is 8.93. The van der Waals surface area contributed by atoms with Crippen LogP contribution in [-0.4, -0.2) is 66.2 Å². The Balaban J connectivity index is 2.45. The van der Waals surface area contributed by atoms with Crippen molar-refractivity contribution in [1.29, 1.82) is 0 Å². The van der Waals surface area contributed by atoms with E-state index < -0.39 is 5.97 Å². The van der Waals surface area contributed by atoms with Crippen molar-refractivity contribution in [2.24, 2.45) is 5.92 Å². The topological polar surface area (TPSA) is 72.9 Å². The molecule has 0 aromatic carbocycles. The van der Waals surface area contributed by atoms with E-state index in [0.717, 1.165) is 25.9 Å². The Kier molecular flexibility index (Phi) is 6.08. The van der Waals surface area contributed by atoms with Crippen molar-refractivity contribution in [3.8, 4) is 0 Å². The maximum absolute atomic E-state index is 12.1. The van der Waals surface area contributed by atoms with Crippen molar-refractivity contribution in [3.05, 3.63) is 0 Å². The van der Waals surface area contributed by atoms with Gasteiger partial charge in [-0.3, -0.25) is 4.79 Å². The van der Waals surface area contributed by atoms with E-state index in [1.807, 2.05) is 13.8 Å². The van der Waals surface area contributed by atoms with Crippen LogP contribution in [0.3, 0.4) is 0 Å². The molecule has 2 unspecified atom stereocenters. The number of urea groups is 1. The summed E-state index contributed by atoms with van der Waals surface area (Å²) in [4.78, 5) is 26.5. The van der Waals surface area contributed by atoms with Gasteiger partial charge in [-0.25, -0.2) is 4.79 Å². The number of rotatable bonds is 6. The van der Waals surface area contributed by atoms with Gasteiger partial charge in [0.25, 0.3) is 0 Å². The second-order valence-corrected chi connectivity index (χ2v) is 5.38. The number of nitrogens with one attached hydrogen (secondary N) is 1. The summed E-state index contributed by atoms with van der Waals surface area (Å²) in [6.45, 7) is 6.24. The average molecular weight is 271 g/mol. The summed E-state index contributed by atoms with van der Waals surface area (Å²) in [5.41, 5.74) is 0. The maximum Gasteiger partial charge on any atom is 0.323 e. The lowest BCUT2D eigenvalue weighted by atomic mass is 10.1. The Labute approximate surface area is 114 Å². The number of amides is 2. The molecule has 0 spiro atoms. The SMILES string of the molecule is CCC(C)N(CC(=O)O)C(=O)NCC1CCN(C)C1. The van der Waals surface area contributed by atoms with Crippen LogP contribution in [0.5, 0.6) is 0 Å². The molecule has 0 aromatic heterocycles. The molecule has 6 nitrogen and oxygen atoms in total. The van der Waals surface area contributed by atoms with Gasteiger partial charge in [0.15, 0.2) is 0 Å². The second kappa shape index (κ2) is 7.33. The minimum Gasteiger partial charge on any atom is -0.480 e. The molecule has 1 aliphatic rings. The molecule has 1 fully saturated rings. The van der Waals surface area contributed by atoms with Crippen molar-refractivity contribution < 1.29 is 14.7 Å². The third-order valence-corrected chi connectivity index (χ3v) is 3.72. The summed E-state index contributed by atoms with van der Waals surface area (Å²) in [5, 5.41) is 11.7. The first kappa shape index (κ1) is 15.8. The predicted molar refractivity (Wildman–Crippen MR) is 73.1 cm³/mol. The molecule has 0 bridgehead atoms. The molecular weight excluding hydrogens is 246 g/mol. The van der Waals surface area contributed by atoms with E-state index in [2.05, 4.69) is 17.3 Å². The van der Waals surface area contributed by atoms with Crippen LogP contribution in [0, 0.1) is 5.92 Å². The summed E-state index contributed by atoms with van der Waals surface area (Å²) in [6.07, 6.45) is 1.83. The Morgan fingerprint density at radius 1 is 1.53 bits per heavy atom. The van der Waals surface area contributed by atoms with Gasteiger partial charge in [-0.15, -0.1) is 0 Å². The average Bonchev–Trinajstić information content (AvgIpc) is 2.77. The van der Waals surface area contributed by atoms with E-state index in [4.69, 9.17) is 5.11 Å². The Bertz CT molecular complexity index is 322. The van der Waals surface area contributed by atoms with E-state index in [1.54, 1.807) is 0 Å². The fraction of sp³-hybridized carbons (Fsp3) is 0.846. The number of nitrogens with zero attached hydrogens (tertiary/aromatic N) is 2. The summed E-state index contributed by atoms with van der Waals surface area (Å²) >= 11 is 0. The molecular formula is C13H25N3O3. The van der Waals surface area contributed by atoms with Crippen molar-refractivity contribution in [2.45, 2.75) is 32.7 Å². The first-order valence-corrected chi connectivity index (χ1v) is 6.88. The predicted octanol–water partition coefficient (Wildman–Crippen LogP) is 0.833. The number of aliphatic carboxylic acids is 1. The number of carboxylic acids is 1. The van der Waals surface area contributed by atoms with Crippen LogP contribution in [0.15, 0.2) is 0 Å². The Hall–Kier alpha value is -1.30. The molecule has 2 atom stereocenters. The second-order valence-electron chi connectivity index (χ2n) is 5.38. The first-order valence-electron chi connectivity index (χ1n) is 6.88. The summed E-state index contributed by atoms with van der Waals surface area (Å²) < 4.78 is 0. The molecule has 2 amide bonds. The zero-order valence-electron chi connectivity index (χ0n) is 12.1. The molecule has 1 saturated heterocycles. The third kappa shape index (κ3) is 5.06. The van der Waals surface area contributed by atoms with E-state index in [-0.39, 0.29) is 18.6 Å². The van der Waals surface area contributed by atoms with E-state index in [1.165, 1.54) is 4.90 Å². The highest BCUT2D eigenvalue weighted by atomic mass is 16.4. The van der Waals surface area contributed by atoms with Gasteiger partial charge in [0.1, 0.15) is 6.54 Å². The lowest BCUT2D eigenvalue weighted by molar-refractivity contribution is -0.138. The highest BCUT2D eigenvalue weighted by molar-refractivity contribution is 5.80. The molecule has 1 heterocycles. The van der Waals surface area contributed by atoms with Crippen molar-refractivity contribution in [3.63, 3.8) is 0 Å². The molecule has 2 N–H and O–H groups in total. The number of carbonyl (C=O) groups is 2. The third-order valence-electron chi connectivity index (χ3n) is 3.72. The molecule has 0 radical (unpaired) electrons. The molecule has 1 aliphatic heterocycles. The van der Waals surface area contributed by atoms with Crippen LogP contribution in [0.25, 0.3) is 0 Å². The number of carboxylic acid groups (broad SMARTS) is 1. The van der Waals surface area contributed by atoms with Gasteiger partial charge < -0.3 is 20.2 Å². The maximum atomic E-state index is 12.1. The number of hydrogen-bond donors (Lipinski definition) is 2. The molecule has 110 valence electrons. The molecule has 6 heteroatoms. The van der Waals surface area contributed by atoms with Crippen LogP contribution >= 0.6 is 0 Å². The molecule has 0 saturated carbocycles.